The van der Waals surface area contributed by atoms with Gasteiger partial charge in [-0.05, 0) is 25.1 Å². The number of carbonyl (C=O) groups is 3. The molecule has 5 rings (SSSR count). The van der Waals surface area contributed by atoms with Crippen molar-refractivity contribution < 1.29 is 23.9 Å². The molecule has 4 aromatic rings. The van der Waals surface area contributed by atoms with E-state index in [1.165, 1.54) is 31.5 Å². The lowest BCUT2D eigenvalue weighted by molar-refractivity contribution is -0.127. The Morgan fingerprint density at radius 3 is 2.34 bits per heavy atom. The van der Waals surface area contributed by atoms with Crippen molar-refractivity contribution in [2.75, 3.05) is 40.4 Å². The van der Waals surface area contributed by atoms with Gasteiger partial charge in [-0.2, -0.15) is 4.98 Å². The van der Waals surface area contributed by atoms with Gasteiger partial charge in [-0.15, -0.1) is 0 Å². The van der Waals surface area contributed by atoms with E-state index in [1.54, 1.807) is 23.1 Å². The molecule has 3 aromatic heterocycles. The number of H-pyrrole nitrogens is 1. The summed E-state index contributed by atoms with van der Waals surface area (Å²) in [6.45, 7) is 3.01. The molecule has 4 heterocycles. The third kappa shape index (κ3) is 4.54. The predicted molar refractivity (Wildman–Crippen MR) is 138 cm³/mol. The highest BCUT2D eigenvalue weighted by atomic mass is 16.5. The average molecular weight is 515 g/mol. The minimum Gasteiger partial charge on any atom is -0.494 e. The maximum absolute atomic E-state index is 13.4. The molecule has 0 unspecified atom stereocenters. The lowest BCUT2D eigenvalue weighted by Crippen LogP contribution is -2.52. The highest BCUT2D eigenvalue weighted by molar-refractivity contribution is 6.45. The van der Waals surface area contributed by atoms with E-state index in [0.29, 0.717) is 52.4 Å². The van der Waals surface area contributed by atoms with Crippen molar-refractivity contribution in [3.63, 3.8) is 0 Å². The molecule has 0 aliphatic carbocycles. The van der Waals surface area contributed by atoms with E-state index in [0.717, 1.165) is 0 Å². The third-order valence-electron chi connectivity index (χ3n) is 6.47. The van der Waals surface area contributed by atoms with E-state index in [4.69, 9.17) is 9.47 Å². The van der Waals surface area contributed by atoms with Gasteiger partial charge in [-0.1, -0.05) is 18.2 Å². The number of amides is 2. The third-order valence-corrected chi connectivity index (χ3v) is 6.47. The Labute approximate surface area is 218 Å². The van der Waals surface area contributed by atoms with Crippen molar-refractivity contribution in [3.05, 3.63) is 65.6 Å². The molecule has 0 spiro atoms. The Morgan fingerprint density at radius 1 is 0.947 bits per heavy atom. The van der Waals surface area contributed by atoms with Crippen LogP contribution in [0.5, 0.6) is 11.8 Å². The van der Waals surface area contributed by atoms with Crippen LogP contribution >= 0.6 is 0 Å². The minimum absolute atomic E-state index is 0.0954. The molecule has 2 amide bonds. The summed E-state index contributed by atoms with van der Waals surface area (Å²) in [5, 5.41) is 0.434. The largest absolute Gasteiger partial charge is 0.494 e. The molecule has 194 valence electrons. The Bertz CT molecular complexity index is 1530. The Morgan fingerprint density at radius 2 is 1.66 bits per heavy atom. The molecular weight excluding hydrogens is 488 g/mol. The second-order valence-electron chi connectivity index (χ2n) is 8.79. The van der Waals surface area contributed by atoms with Crippen LogP contribution in [-0.2, 0) is 4.79 Å². The first-order chi connectivity index (χ1) is 18.4. The number of hydrogen-bond acceptors (Lipinski definition) is 8. The summed E-state index contributed by atoms with van der Waals surface area (Å²) in [5.74, 6) is -1.07. The molecule has 1 fully saturated rings. The van der Waals surface area contributed by atoms with Gasteiger partial charge in [-0.25, -0.2) is 9.97 Å². The first kappa shape index (κ1) is 24.9. The number of rotatable bonds is 6. The fourth-order valence-corrected chi connectivity index (χ4v) is 4.54. The number of carbonyl (C=O) groups excluding carboxylic acids is 3. The van der Waals surface area contributed by atoms with Crippen LogP contribution in [0.15, 0.2) is 48.8 Å². The SMILES string of the molecule is COc1nc(C)cc(-c2ncc(OC)c3c(C(=O)C(=O)N4CCN(C(=O)c5ccccc5)CC4)c[nH]c23)n1. The lowest BCUT2D eigenvalue weighted by Gasteiger charge is -2.34. The number of ether oxygens (including phenoxy) is 2. The number of ketones is 1. The van der Waals surface area contributed by atoms with Crippen molar-refractivity contribution in [1.29, 1.82) is 0 Å². The van der Waals surface area contributed by atoms with E-state index < -0.39 is 11.7 Å². The van der Waals surface area contributed by atoms with Gasteiger partial charge in [0, 0.05) is 43.6 Å². The topological polar surface area (TPSA) is 131 Å². The van der Waals surface area contributed by atoms with Crippen molar-refractivity contribution in [1.82, 2.24) is 29.7 Å². The molecule has 11 heteroatoms. The molecule has 1 saturated heterocycles. The lowest BCUT2D eigenvalue weighted by atomic mass is 10.1. The zero-order chi connectivity index (χ0) is 26.8. The van der Waals surface area contributed by atoms with Crippen LogP contribution in [0.25, 0.3) is 22.3 Å². The van der Waals surface area contributed by atoms with Gasteiger partial charge in [-0.3, -0.25) is 14.4 Å². The molecule has 1 aliphatic rings. The predicted octanol–water partition coefficient (Wildman–Crippen LogP) is 2.51. The number of nitrogens with one attached hydrogen (secondary N) is 1. The molecule has 0 bridgehead atoms. The number of Topliss-reactive ketones (excluding diaryl/α,β-unsaturated/α-hetero) is 1. The van der Waals surface area contributed by atoms with E-state index >= 15 is 0 Å². The van der Waals surface area contributed by atoms with E-state index in [-0.39, 0.29) is 30.6 Å². The maximum atomic E-state index is 13.4. The maximum Gasteiger partial charge on any atom is 0.316 e. The number of piperazine rings is 1. The van der Waals surface area contributed by atoms with Crippen LogP contribution in [0.3, 0.4) is 0 Å². The van der Waals surface area contributed by atoms with Crippen molar-refractivity contribution >= 4 is 28.5 Å². The second-order valence-corrected chi connectivity index (χ2v) is 8.79. The first-order valence-corrected chi connectivity index (χ1v) is 12.0. The number of aromatic amines is 1. The number of fused-ring (bicyclic) bond motifs is 1. The van der Waals surface area contributed by atoms with Crippen LogP contribution in [-0.4, -0.2) is 87.7 Å². The summed E-state index contributed by atoms with van der Waals surface area (Å²) in [6.07, 6.45) is 2.98. The monoisotopic (exact) mass is 514 g/mol. The number of nitrogens with zero attached hydrogens (tertiary/aromatic N) is 5. The normalized spacial score (nSPS) is 13.4. The number of methoxy groups -OCH3 is 2. The molecule has 0 atom stereocenters. The highest BCUT2D eigenvalue weighted by Crippen LogP contribution is 2.34. The van der Waals surface area contributed by atoms with Crippen molar-refractivity contribution in [2.45, 2.75) is 6.92 Å². The quantitative estimate of drug-likeness (QED) is 0.307. The van der Waals surface area contributed by atoms with E-state index in [9.17, 15) is 14.4 Å². The van der Waals surface area contributed by atoms with Gasteiger partial charge in [0.15, 0.2) is 0 Å². The number of benzene rings is 1. The first-order valence-electron chi connectivity index (χ1n) is 12.0. The van der Waals surface area contributed by atoms with Gasteiger partial charge in [0.2, 0.25) is 0 Å². The Kier molecular flexibility index (Phi) is 6.73. The van der Waals surface area contributed by atoms with E-state index in [1.807, 2.05) is 25.1 Å². The summed E-state index contributed by atoms with van der Waals surface area (Å²) in [7, 11) is 2.95. The van der Waals surface area contributed by atoms with Gasteiger partial charge < -0.3 is 24.3 Å². The van der Waals surface area contributed by atoms with Crippen LogP contribution in [0.4, 0.5) is 0 Å². The van der Waals surface area contributed by atoms with Gasteiger partial charge in [0.25, 0.3) is 17.6 Å². The number of aromatic nitrogens is 4. The molecule has 11 nitrogen and oxygen atoms in total. The second kappa shape index (κ2) is 10.3. The molecule has 1 aliphatic heterocycles. The Balaban J connectivity index is 1.40. The highest BCUT2D eigenvalue weighted by Gasteiger charge is 2.31. The minimum atomic E-state index is -0.675. The van der Waals surface area contributed by atoms with Crippen LogP contribution < -0.4 is 9.47 Å². The van der Waals surface area contributed by atoms with Crippen molar-refractivity contribution in [3.8, 4) is 23.1 Å². The van der Waals surface area contributed by atoms with Crippen molar-refractivity contribution in [2.24, 2.45) is 0 Å². The van der Waals surface area contributed by atoms with Crippen LogP contribution in [0.1, 0.15) is 26.4 Å². The van der Waals surface area contributed by atoms with Gasteiger partial charge in [0.1, 0.15) is 11.4 Å². The van der Waals surface area contributed by atoms with Gasteiger partial charge >= 0.3 is 6.01 Å². The molecule has 1 N–H and O–H groups in total. The molecule has 0 radical (unpaired) electrons. The smallest absolute Gasteiger partial charge is 0.316 e. The average Bonchev–Trinajstić information content (AvgIpc) is 3.41. The zero-order valence-corrected chi connectivity index (χ0v) is 21.2. The summed E-state index contributed by atoms with van der Waals surface area (Å²) in [5.41, 5.74) is 2.90. The fourth-order valence-electron chi connectivity index (χ4n) is 4.54. The summed E-state index contributed by atoms with van der Waals surface area (Å²) < 4.78 is 10.7. The molecular formula is C27H26N6O5. The van der Waals surface area contributed by atoms with Crippen LogP contribution in [0.2, 0.25) is 0 Å². The van der Waals surface area contributed by atoms with Gasteiger partial charge in [0.05, 0.1) is 42.6 Å². The summed E-state index contributed by atoms with van der Waals surface area (Å²) >= 11 is 0. The molecule has 38 heavy (non-hydrogen) atoms. The Hall–Kier alpha value is -4.80. The zero-order valence-electron chi connectivity index (χ0n) is 21.2. The number of pyridine rings is 1. The molecule has 0 saturated carbocycles. The molecule has 1 aromatic carbocycles. The van der Waals surface area contributed by atoms with Crippen LogP contribution in [0, 0.1) is 6.92 Å². The fraction of sp³-hybridized carbons (Fsp3) is 0.259. The standard InChI is InChI=1S/C27H26N6O5/c1-16-13-19(31-27(30-16)38-3)22-23-21(20(37-2)15-29-22)18(14-28-23)24(34)26(36)33-11-9-32(10-12-33)25(35)17-7-5-4-6-8-17/h4-8,13-15,28H,9-12H2,1-3H3. The number of hydrogen-bond donors (Lipinski definition) is 1. The number of aryl methyl sites for hydroxylation is 1. The summed E-state index contributed by atoms with van der Waals surface area (Å²) in [6, 6.07) is 10.9. The van der Waals surface area contributed by atoms with E-state index in [2.05, 4.69) is 19.9 Å². The summed E-state index contributed by atoms with van der Waals surface area (Å²) in [4.78, 5) is 58.7.